The maximum absolute atomic E-state index is 5.90. The maximum Gasteiger partial charge on any atom is 0.141 e. The normalized spacial score (nSPS) is 11.0. The number of para-hydroxylation sites is 1. The van der Waals surface area contributed by atoms with Crippen molar-refractivity contribution in [3.05, 3.63) is 77.9 Å². The van der Waals surface area contributed by atoms with Crippen molar-refractivity contribution in [1.82, 2.24) is 14.9 Å². The number of ether oxygens (including phenoxy) is 1. The molecule has 0 bridgehead atoms. The zero-order chi connectivity index (χ0) is 15.2. The van der Waals surface area contributed by atoms with E-state index in [0.29, 0.717) is 6.61 Å². The number of aromatic nitrogens is 3. The van der Waals surface area contributed by atoms with Gasteiger partial charge in [-0.1, -0.05) is 42.0 Å². The first-order valence-electron chi connectivity index (χ1n) is 6.97. The van der Waals surface area contributed by atoms with Crippen molar-refractivity contribution in [2.45, 2.75) is 13.5 Å². The molecule has 0 saturated heterocycles. The highest BCUT2D eigenvalue weighted by Gasteiger charge is 2.01. The molecule has 0 amide bonds. The second-order valence-corrected chi connectivity index (χ2v) is 4.90. The summed E-state index contributed by atoms with van der Waals surface area (Å²) in [5.74, 6) is 0.792. The van der Waals surface area contributed by atoms with Gasteiger partial charge in [0.2, 0.25) is 0 Å². The van der Waals surface area contributed by atoms with Crippen LogP contribution in [-0.2, 0) is 6.61 Å². The number of hydrogen-bond donors (Lipinski definition) is 0. The highest BCUT2D eigenvalue weighted by atomic mass is 16.5. The van der Waals surface area contributed by atoms with Gasteiger partial charge in [-0.25, -0.2) is 4.68 Å². The predicted molar refractivity (Wildman–Crippen MR) is 85.0 cm³/mol. The van der Waals surface area contributed by atoms with E-state index in [9.17, 15) is 0 Å². The Hall–Kier alpha value is -2.95. The average Bonchev–Trinajstić information content (AvgIpc) is 3.07. The van der Waals surface area contributed by atoms with E-state index in [1.807, 2.05) is 24.3 Å². The van der Waals surface area contributed by atoms with Crippen molar-refractivity contribution in [3.8, 4) is 5.75 Å². The Kier molecular flexibility index (Phi) is 4.25. The van der Waals surface area contributed by atoms with Gasteiger partial charge in [0.25, 0.3) is 0 Å². The summed E-state index contributed by atoms with van der Waals surface area (Å²) in [7, 11) is 0. The Bertz CT molecular complexity index is 749. The number of aryl methyl sites for hydroxylation is 1. The molecule has 0 unspecified atom stereocenters. The van der Waals surface area contributed by atoms with Crippen LogP contribution in [0.3, 0.4) is 0 Å². The van der Waals surface area contributed by atoms with Crippen LogP contribution in [0.4, 0.5) is 0 Å². The predicted octanol–water partition coefficient (Wildman–Crippen LogP) is 3.05. The van der Waals surface area contributed by atoms with Crippen LogP contribution in [0, 0.1) is 6.92 Å². The minimum atomic E-state index is 0.526. The molecule has 22 heavy (non-hydrogen) atoms. The third-order valence-electron chi connectivity index (χ3n) is 3.17. The number of nitrogens with zero attached hydrogens (tertiary/aromatic N) is 4. The van der Waals surface area contributed by atoms with E-state index in [1.54, 1.807) is 6.21 Å². The SMILES string of the molecule is Cc1ccc(COc2ccccc2/C=N/n2cnnc2)cc1. The molecular formula is C17H16N4O. The molecule has 0 fully saturated rings. The third kappa shape index (κ3) is 3.58. The summed E-state index contributed by atoms with van der Waals surface area (Å²) in [6, 6.07) is 16.1. The smallest absolute Gasteiger partial charge is 0.141 e. The minimum absolute atomic E-state index is 0.526. The molecule has 2 aromatic carbocycles. The molecular weight excluding hydrogens is 276 g/mol. The summed E-state index contributed by atoms with van der Waals surface area (Å²) in [6.45, 7) is 2.60. The number of benzene rings is 2. The Labute approximate surface area is 128 Å². The van der Waals surface area contributed by atoms with Crippen LogP contribution < -0.4 is 4.74 Å². The maximum atomic E-state index is 5.90. The second kappa shape index (κ2) is 6.67. The van der Waals surface area contributed by atoms with Gasteiger partial charge in [0.05, 0.1) is 6.21 Å². The van der Waals surface area contributed by atoms with E-state index in [1.165, 1.54) is 22.9 Å². The monoisotopic (exact) mass is 292 g/mol. The van der Waals surface area contributed by atoms with Crippen LogP contribution in [0.1, 0.15) is 16.7 Å². The van der Waals surface area contributed by atoms with Crippen LogP contribution >= 0.6 is 0 Å². The van der Waals surface area contributed by atoms with Crippen molar-refractivity contribution >= 4 is 6.21 Å². The van der Waals surface area contributed by atoms with E-state index in [2.05, 4.69) is 46.5 Å². The molecule has 0 radical (unpaired) electrons. The van der Waals surface area contributed by atoms with Crippen molar-refractivity contribution < 1.29 is 4.74 Å². The van der Waals surface area contributed by atoms with Crippen LogP contribution in [-0.4, -0.2) is 21.1 Å². The first kappa shape index (κ1) is 14.0. The molecule has 1 heterocycles. The molecule has 1 aromatic heterocycles. The standard InChI is InChI=1S/C17H16N4O/c1-14-6-8-15(9-7-14)11-22-17-5-3-2-4-16(17)10-20-21-12-18-19-13-21/h2-10,12-13H,11H2,1H3/b20-10+. The Balaban J connectivity index is 1.72. The number of rotatable bonds is 5. The van der Waals surface area contributed by atoms with Gasteiger partial charge in [0.15, 0.2) is 0 Å². The van der Waals surface area contributed by atoms with Gasteiger partial charge in [0.1, 0.15) is 25.0 Å². The van der Waals surface area contributed by atoms with E-state index >= 15 is 0 Å². The van der Waals surface area contributed by atoms with Crippen LogP contribution in [0.15, 0.2) is 66.3 Å². The molecule has 0 spiro atoms. The molecule has 0 aliphatic carbocycles. The zero-order valence-electron chi connectivity index (χ0n) is 12.3. The molecule has 3 rings (SSSR count). The van der Waals surface area contributed by atoms with Crippen LogP contribution in [0.5, 0.6) is 5.75 Å². The van der Waals surface area contributed by atoms with E-state index in [4.69, 9.17) is 4.74 Å². The largest absolute Gasteiger partial charge is 0.488 e. The summed E-state index contributed by atoms with van der Waals surface area (Å²) in [4.78, 5) is 0. The lowest BCUT2D eigenvalue weighted by Crippen LogP contribution is -1.99. The van der Waals surface area contributed by atoms with Crippen molar-refractivity contribution in [2.75, 3.05) is 0 Å². The lowest BCUT2D eigenvalue weighted by Gasteiger charge is -2.09. The average molecular weight is 292 g/mol. The number of hydrogen-bond acceptors (Lipinski definition) is 4. The summed E-state index contributed by atoms with van der Waals surface area (Å²) in [5.41, 5.74) is 3.28. The molecule has 3 aromatic rings. The lowest BCUT2D eigenvalue weighted by molar-refractivity contribution is 0.306. The Morgan fingerprint density at radius 3 is 2.55 bits per heavy atom. The van der Waals surface area contributed by atoms with Gasteiger partial charge < -0.3 is 4.74 Å². The highest BCUT2D eigenvalue weighted by Crippen LogP contribution is 2.18. The first-order valence-corrected chi connectivity index (χ1v) is 6.97. The van der Waals surface area contributed by atoms with E-state index < -0.39 is 0 Å². The third-order valence-corrected chi connectivity index (χ3v) is 3.17. The second-order valence-electron chi connectivity index (χ2n) is 4.90. The van der Waals surface area contributed by atoms with Gasteiger partial charge in [0, 0.05) is 5.56 Å². The summed E-state index contributed by atoms with van der Waals surface area (Å²) < 4.78 is 7.44. The van der Waals surface area contributed by atoms with Gasteiger partial charge in [-0.2, -0.15) is 5.10 Å². The van der Waals surface area contributed by atoms with Crippen molar-refractivity contribution in [3.63, 3.8) is 0 Å². The quantitative estimate of drug-likeness (QED) is 0.679. The summed E-state index contributed by atoms with van der Waals surface area (Å²) >= 11 is 0. The lowest BCUT2D eigenvalue weighted by atomic mass is 10.1. The van der Waals surface area contributed by atoms with Gasteiger partial charge in [-0.15, -0.1) is 10.2 Å². The molecule has 0 saturated carbocycles. The fourth-order valence-corrected chi connectivity index (χ4v) is 1.95. The van der Waals surface area contributed by atoms with Crippen molar-refractivity contribution in [2.24, 2.45) is 5.10 Å². The molecule has 110 valence electrons. The summed E-state index contributed by atoms with van der Waals surface area (Å²) in [6.07, 6.45) is 4.80. The molecule has 5 heteroatoms. The topological polar surface area (TPSA) is 52.3 Å². The zero-order valence-corrected chi connectivity index (χ0v) is 12.3. The van der Waals surface area contributed by atoms with Gasteiger partial charge in [-0.05, 0) is 24.6 Å². The van der Waals surface area contributed by atoms with Crippen LogP contribution in [0.2, 0.25) is 0 Å². The van der Waals surface area contributed by atoms with E-state index in [-0.39, 0.29) is 0 Å². The molecule has 0 aliphatic rings. The fraction of sp³-hybridized carbons (Fsp3) is 0.118. The van der Waals surface area contributed by atoms with Crippen molar-refractivity contribution in [1.29, 1.82) is 0 Å². The van der Waals surface area contributed by atoms with Gasteiger partial charge >= 0.3 is 0 Å². The summed E-state index contributed by atoms with van der Waals surface area (Å²) in [5, 5.41) is 11.7. The Morgan fingerprint density at radius 2 is 1.77 bits per heavy atom. The Morgan fingerprint density at radius 1 is 1.05 bits per heavy atom. The molecule has 0 atom stereocenters. The molecule has 0 aliphatic heterocycles. The van der Waals surface area contributed by atoms with E-state index in [0.717, 1.165) is 16.9 Å². The first-order chi connectivity index (χ1) is 10.8. The molecule has 0 N–H and O–H groups in total. The van der Waals surface area contributed by atoms with Crippen LogP contribution in [0.25, 0.3) is 0 Å². The fourth-order valence-electron chi connectivity index (χ4n) is 1.95. The minimum Gasteiger partial charge on any atom is -0.488 e. The highest BCUT2D eigenvalue weighted by molar-refractivity contribution is 5.83. The van der Waals surface area contributed by atoms with Gasteiger partial charge in [-0.3, -0.25) is 0 Å². The molecule has 5 nitrogen and oxygen atoms in total.